The summed E-state index contributed by atoms with van der Waals surface area (Å²) in [6, 6.07) is 5.87. The molecule has 1 aromatic heterocycles. The summed E-state index contributed by atoms with van der Waals surface area (Å²) in [5.74, 6) is 0. The number of hydrogen-bond donors (Lipinski definition) is 3. The van der Waals surface area contributed by atoms with Crippen LogP contribution in [-0.4, -0.2) is 22.7 Å². The number of nitrogen functional groups attached to an aromatic ring is 1. The van der Waals surface area contributed by atoms with E-state index in [0.717, 1.165) is 24.9 Å². The summed E-state index contributed by atoms with van der Waals surface area (Å²) in [6.07, 6.45) is 1.37. The molecule has 0 fully saturated rings. The zero-order valence-electron chi connectivity index (χ0n) is 9.81. The highest BCUT2D eigenvalue weighted by atomic mass is 16.4. The number of nitrogens with one attached hydrogen (secondary N) is 1. The molecule has 1 unspecified atom stereocenters. The third-order valence-electron chi connectivity index (χ3n) is 2.49. The highest BCUT2D eigenvalue weighted by Gasteiger charge is 2.05. The number of nitrogens with zero attached hydrogens (tertiary/aromatic N) is 1. The molecule has 1 aromatic carbocycles. The predicted octanol–water partition coefficient (Wildman–Crippen LogP) is 1.98. The van der Waals surface area contributed by atoms with Gasteiger partial charge in [0.15, 0.2) is 5.58 Å². The van der Waals surface area contributed by atoms with E-state index in [0.29, 0.717) is 17.3 Å². The fourth-order valence-corrected chi connectivity index (χ4v) is 1.61. The maximum atomic E-state index is 9.11. The lowest BCUT2D eigenvalue weighted by molar-refractivity contribution is 0.183. The van der Waals surface area contributed by atoms with Crippen molar-refractivity contribution in [3.05, 3.63) is 18.2 Å². The molecule has 0 aliphatic carbocycles. The summed E-state index contributed by atoms with van der Waals surface area (Å²) in [5.41, 5.74) is 7.79. The number of hydrogen-bond acceptors (Lipinski definition) is 5. The Kier molecular flexibility index (Phi) is 3.49. The number of nitrogens with two attached hydrogens (primary N) is 1. The molecule has 17 heavy (non-hydrogen) atoms. The molecule has 0 saturated heterocycles. The van der Waals surface area contributed by atoms with Gasteiger partial charge < -0.3 is 20.6 Å². The quantitative estimate of drug-likeness (QED) is 0.545. The van der Waals surface area contributed by atoms with E-state index < -0.39 is 0 Å². The van der Waals surface area contributed by atoms with Gasteiger partial charge in [0, 0.05) is 18.3 Å². The van der Waals surface area contributed by atoms with Gasteiger partial charge in [-0.05, 0) is 31.9 Å². The molecule has 2 rings (SSSR count). The first-order valence-electron chi connectivity index (χ1n) is 5.73. The Balaban J connectivity index is 1.95. The van der Waals surface area contributed by atoms with Gasteiger partial charge in [0.25, 0.3) is 6.01 Å². The fourth-order valence-electron chi connectivity index (χ4n) is 1.61. The largest absolute Gasteiger partial charge is 0.423 e. The zero-order chi connectivity index (χ0) is 12.3. The SMILES string of the molecule is CC(O)CCCNc1nc2ccc(N)cc2o1. The van der Waals surface area contributed by atoms with Crippen LogP contribution >= 0.6 is 0 Å². The second kappa shape index (κ2) is 5.05. The Labute approximate surface area is 99.6 Å². The summed E-state index contributed by atoms with van der Waals surface area (Å²) in [4.78, 5) is 4.27. The summed E-state index contributed by atoms with van der Waals surface area (Å²) < 4.78 is 5.49. The maximum absolute atomic E-state index is 9.11. The molecule has 92 valence electrons. The van der Waals surface area contributed by atoms with Crippen molar-refractivity contribution in [2.45, 2.75) is 25.9 Å². The number of aliphatic hydroxyl groups is 1. The molecule has 5 nitrogen and oxygen atoms in total. The molecule has 0 spiro atoms. The van der Waals surface area contributed by atoms with Crippen LogP contribution in [0.15, 0.2) is 22.6 Å². The molecule has 1 heterocycles. The van der Waals surface area contributed by atoms with Crippen molar-refractivity contribution in [2.75, 3.05) is 17.6 Å². The van der Waals surface area contributed by atoms with Crippen LogP contribution in [0, 0.1) is 0 Å². The predicted molar refractivity (Wildman–Crippen MR) is 67.8 cm³/mol. The molecule has 2 aromatic rings. The van der Waals surface area contributed by atoms with Gasteiger partial charge in [0.05, 0.1) is 6.10 Å². The standard InChI is InChI=1S/C12H17N3O2/c1-8(16)3-2-6-14-12-15-10-5-4-9(13)7-11(10)17-12/h4-5,7-8,16H,2-3,6,13H2,1H3,(H,14,15). The lowest BCUT2D eigenvalue weighted by atomic mass is 10.2. The van der Waals surface area contributed by atoms with Crippen molar-refractivity contribution in [2.24, 2.45) is 0 Å². The van der Waals surface area contributed by atoms with E-state index in [2.05, 4.69) is 10.3 Å². The van der Waals surface area contributed by atoms with Gasteiger partial charge in [-0.1, -0.05) is 0 Å². The maximum Gasteiger partial charge on any atom is 0.295 e. The van der Waals surface area contributed by atoms with Crippen molar-refractivity contribution in [1.29, 1.82) is 0 Å². The Morgan fingerprint density at radius 2 is 2.35 bits per heavy atom. The first kappa shape index (κ1) is 11.7. The van der Waals surface area contributed by atoms with E-state index in [-0.39, 0.29) is 6.10 Å². The third-order valence-corrected chi connectivity index (χ3v) is 2.49. The van der Waals surface area contributed by atoms with Gasteiger partial charge in [0.1, 0.15) is 5.52 Å². The average molecular weight is 235 g/mol. The fraction of sp³-hybridized carbons (Fsp3) is 0.417. The minimum absolute atomic E-state index is 0.264. The van der Waals surface area contributed by atoms with E-state index in [1.165, 1.54) is 0 Å². The molecule has 0 amide bonds. The van der Waals surface area contributed by atoms with E-state index in [9.17, 15) is 0 Å². The van der Waals surface area contributed by atoms with Gasteiger partial charge in [-0.25, -0.2) is 0 Å². The van der Waals surface area contributed by atoms with Crippen molar-refractivity contribution in [3.63, 3.8) is 0 Å². The number of aliphatic hydroxyl groups excluding tert-OH is 1. The van der Waals surface area contributed by atoms with Crippen LogP contribution in [0.1, 0.15) is 19.8 Å². The van der Waals surface area contributed by atoms with Crippen LogP contribution in [0.3, 0.4) is 0 Å². The van der Waals surface area contributed by atoms with Crippen molar-refractivity contribution in [1.82, 2.24) is 4.98 Å². The molecule has 0 aliphatic heterocycles. The summed E-state index contributed by atoms with van der Waals surface area (Å²) in [6.45, 7) is 2.51. The first-order valence-corrected chi connectivity index (χ1v) is 5.73. The second-order valence-corrected chi connectivity index (χ2v) is 4.16. The number of rotatable bonds is 5. The highest BCUT2D eigenvalue weighted by molar-refractivity contribution is 5.77. The van der Waals surface area contributed by atoms with E-state index in [4.69, 9.17) is 15.3 Å². The van der Waals surface area contributed by atoms with Crippen LogP contribution < -0.4 is 11.1 Å². The molecule has 0 aliphatic rings. The lowest BCUT2D eigenvalue weighted by Crippen LogP contribution is -2.06. The number of fused-ring (bicyclic) bond motifs is 1. The molecule has 0 radical (unpaired) electrons. The molecular weight excluding hydrogens is 218 g/mol. The van der Waals surface area contributed by atoms with Gasteiger partial charge in [-0.15, -0.1) is 0 Å². The highest BCUT2D eigenvalue weighted by Crippen LogP contribution is 2.20. The smallest absolute Gasteiger partial charge is 0.295 e. The topological polar surface area (TPSA) is 84.3 Å². The van der Waals surface area contributed by atoms with Crippen LogP contribution in [0.25, 0.3) is 11.1 Å². The van der Waals surface area contributed by atoms with E-state index in [1.54, 1.807) is 19.1 Å². The Bertz CT molecular complexity index is 493. The van der Waals surface area contributed by atoms with Crippen molar-refractivity contribution >= 4 is 22.8 Å². The minimum atomic E-state index is -0.264. The van der Waals surface area contributed by atoms with Gasteiger partial charge in [0.2, 0.25) is 0 Å². The number of aromatic nitrogens is 1. The number of benzene rings is 1. The van der Waals surface area contributed by atoms with Crippen molar-refractivity contribution < 1.29 is 9.52 Å². The van der Waals surface area contributed by atoms with Crippen LogP contribution in [0.5, 0.6) is 0 Å². The average Bonchev–Trinajstić information content (AvgIpc) is 2.66. The summed E-state index contributed by atoms with van der Waals surface area (Å²) in [7, 11) is 0. The third kappa shape index (κ3) is 3.10. The Morgan fingerprint density at radius 1 is 1.53 bits per heavy atom. The normalized spacial score (nSPS) is 12.8. The molecule has 5 heteroatoms. The number of anilines is 2. The van der Waals surface area contributed by atoms with E-state index in [1.807, 2.05) is 6.07 Å². The molecule has 1 atom stereocenters. The Morgan fingerprint density at radius 3 is 3.12 bits per heavy atom. The second-order valence-electron chi connectivity index (χ2n) is 4.16. The van der Waals surface area contributed by atoms with Crippen LogP contribution in [0.2, 0.25) is 0 Å². The molecule has 4 N–H and O–H groups in total. The molecular formula is C12H17N3O2. The summed E-state index contributed by atoms with van der Waals surface area (Å²) >= 11 is 0. The van der Waals surface area contributed by atoms with Crippen LogP contribution in [-0.2, 0) is 0 Å². The Hall–Kier alpha value is -1.75. The van der Waals surface area contributed by atoms with Gasteiger partial charge >= 0.3 is 0 Å². The lowest BCUT2D eigenvalue weighted by Gasteiger charge is -2.03. The zero-order valence-corrected chi connectivity index (χ0v) is 9.81. The summed E-state index contributed by atoms with van der Waals surface area (Å²) in [5, 5.41) is 12.2. The first-order chi connectivity index (χ1) is 8.15. The monoisotopic (exact) mass is 235 g/mol. The molecule has 0 bridgehead atoms. The number of oxazole rings is 1. The van der Waals surface area contributed by atoms with Crippen LogP contribution in [0.4, 0.5) is 11.7 Å². The van der Waals surface area contributed by atoms with Crippen molar-refractivity contribution in [3.8, 4) is 0 Å². The van der Waals surface area contributed by atoms with E-state index >= 15 is 0 Å². The van der Waals surface area contributed by atoms with Gasteiger partial charge in [-0.2, -0.15) is 4.98 Å². The minimum Gasteiger partial charge on any atom is -0.423 e. The van der Waals surface area contributed by atoms with Gasteiger partial charge in [-0.3, -0.25) is 0 Å². The molecule has 0 saturated carbocycles.